The smallest absolute Gasteiger partial charge is 0.119 e. The Morgan fingerprint density at radius 1 is 1.18 bits per heavy atom. The topological polar surface area (TPSA) is 9.23 Å². The van der Waals surface area contributed by atoms with Crippen molar-refractivity contribution in [3.8, 4) is 5.75 Å². The molecule has 1 saturated carbocycles. The van der Waals surface area contributed by atoms with Crippen molar-refractivity contribution >= 4 is 0 Å². The molecule has 0 heterocycles. The Labute approximate surface area is 105 Å². The van der Waals surface area contributed by atoms with E-state index < -0.39 is 0 Å². The number of hydrogen-bond donors (Lipinski definition) is 0. The van der Waals surface area contributed by atoms with Crippen LogP contribution in [0.2, 0.25) is 0 Å². The number of hydrogen-bond acceptors (Lipinski definition) is 1. The highest BCUT2D eigenvalue weighted by Crippen LogP contribution is 2.31. The zero-order chi connectivity index (χ0) is 12.3. The SMILES string of the molecule is CCc1cccc(OC2CCC(C)C(C)C2)c1. The molecule has 17 heavy (non-hydrogen) atoms. The van der Waals surface area contributed by atoms with Gasteiger partial charge in [-0.25, -0.2) is 0 Å². The summed E-state index contributed by atoms with van der Waals surface area (Å²) in [5.74, 6) is 2.70. The molecule has 2 rings (SSSR count). The van der Waals surface area contributed by atoms with Crippen LogP contribution >= 0.6 is 0 Å². The third kappa shape index (κ3) is 3.24. The maximum atomic E-state index is 6.12. The fourth-order valence-electron chi connectivity index (χ4n) is 2.64. The van der Waals surface area contributed by atoms with Crippen LogP contribution in [0.5, 0.6) is 5.75 Å². The van der Waals surface area contributed by atoms with Gasteiger partial charge in [0.1, 0.15) is 5.75 Å². The van der Waals surface area contributed by atoms with Crippen LogP contribution in [-0.2, 0) is 6.42 Å². The summed E-state index contributed by atoms with van der Waals surface area (Å²) < 4.78 is 6.12. The average Bonchev–Trinajstić information content (AvgIpc) is 2.34. The van der Waals surface area contributed by atoms with E-state index in [1.54, 1.807) is 0 Å². The zero-order valence-corrected chi connectivity index (χ0v) is 11.3. The lowest BCUT2D eigenvalue weighted by Gasteiger charge is -2.32. The van der Waals surface area contributed by atoms with Gasteiger partial charge in [-0.3, -0.25) is 0 Å². The van der Waals surface area contributed by atoms with Crippen LogP contribution in [0.4, 0.5) is 0 Å². The summed E-state index contributed by atoms with van der Waals surface area (Å²) in [7, 11) is 0. The largest absolute Gasteiger partial charge is 0.490 e. The highest BCUT2D eigenvalue weighted by atomic mass is 16.5. The molecule has 1 nitrogen and oxygen atoms in total. The van der Waals surface area contributed by atoms with Gasteiger partial charge in [0, 0.05) is 0 Å². The second-order valence-corrected chi connectivity index (χ2v) is 5.51. The summed E-state index contributed by atoms with van der Waals surface area (Å²) in [6, 6.07) is 8.53. The molecule has 1 aliphatic carbocycles. The lowest BCUT2D eigenvalue weighted by atomic mass is 9.80. The number of benzene rings is 1. The van der Waals surface area contributed by atoms with Crippen LogP contribution in [0.15, 0.2) is 24.3 Å². The van der Waals surface area contributed by atoms with E-state index >= 15 is 0 Å². The molecule has 0 N–H and O–H groups in total. The second kappa shape index (κ2) is 5.57. The van der Waals surface area contributed by atoms with Gasteiger partial charge >= 0.3 is 0 Å². The molecule has 94 valence electrons. The minimum absolute atomic E-state index is 0.424. The molecule has 3 unspecified atom stereocenters. The predicted molar refractivity (Wildman–Crippen MR) is 72.4 cm³/mol. The normalized spacial score (nSPS) is 29.0. The van der Waals surface area contributed by atoms with Crippen molar-refractivity contribution in [2.75, 3.05) is 0 Å². The quantitative estimate of drug-likeness (QED) is 0.748. The van der Waals surface area contributed by atoms with Gasteiger partial charge in [0.2, 0.25) is 0 Å². The minimum atomic E-state index is 0.424. The minimum Gasteiger partial charge on any atom is -0.490 e. The van der Waals surface area contributed by atoms with Crippen molar-refractivity contribution in [3.63, 3.8) is 0 Å². The van der Waals surface area contributed by atoms with Crippen molar-refractivity contribution in [1.29, 1.82) is 0 Å². The summed E-state index contributed by atoms with van der Waals surface area (Å²) in [5.41, 5.74) is 1.36. The molecule has 0 aromatic heterocycles. The first-order valence-corrected chi connectivity index (χ1v) is 6.94. The van der Waals surface area contributed by atoms with E-state index in [1.807, 2.05) is 0 Å². The zero-order valence-electron chi connectivity index (χ0n) is 11.3. The first-order valence-electron chi connectivity index (χ1n) is 6.94. The van der Waals surface area contributed by atoms with Crippen LogP contribution in [0.3, 0.4) is 0 Å². The molecule has 0 bridgehead atoms. The molecule has 0 radical (unpaired) electrons. The molecule has 0 aliphatic heterocycles. The summed E-state index contributed by atoms with van der Waals surface area (Å²) in [6.07, 6.45) is 5.22. The Balaban J connectivity index is 1.96. The van der Waals surface area contributed by atoms with Gasteiger partial charge in [-0.05, 0) is 55.2 Å². The molecule has 1 aromatic rings. The molecule has 1 aromatic carbocycles. The maximum absolute atomic E-state index is 6.12. The van der Waals surface area contributed by atoms with E-state index in [1.165, 1.54) is 24.8 Å². The van der Waals surface area contributed by atoms with Crippen LogP contribution < -0.4 is 4.74 Å². The third-order valence-electron chi connectivity index (χ3n) is 4.16. The van der Waals surface area contributed by atoms with Gasteiger partial charge in [0.25, 0.3) is 0 Å². The van der Waals surface area contributed by atoms with Crippen molar-refractivity contribution in [2.45, 2.75) is 52.6 Å². The standard InChI is InChI=1S/C16H24O/c1-4-14-6-5-7-15(11-14)17-16-9-8-12(2)13(3)10-16/h5-7,11-13,16H,4,8-10H2,1-3H3. The Hall–Kier alpha value is -0.980. The highest BCUT2D eigenvalue weighted by Gasteiger charge is 2.25. The van der Waals surface area contributed by atoms with Gasteiger partial charge in [-0.2, -0.15) is 0 Å². The van der Waals surface area contributed by atoms with Crippen molar-refractivity contribution in [2.24, 2.45) is 11.8 Å². The van der Waals surface area contributed by atoms with Gasteiger partial charge in [0.05, 0.1) is 6.10 Å². The lowest BCUT2D eigenvalue weighted by molar-refractivity contribution is 0.101. The molecule has 0 saturated heterocycles. The summed E-state index contributed by atoms with van der Waals surface area (Å²) in [4.78, 5) is 0. The second-order valence-electron chi connectivity index (χ2n) is 5.51. The number of aryl methyl sites for hydroxylation is 1. The van der Waals surface area contributed by atoms with E-state index in [-0.39, 0.29) is 0 Å². The van der Waals surface area contributed by atoms with E-state index in [0.29, 0.717) is 6.10 Å². The summed E-state index contributed by atoms with van der Waals surface area (Å²) in [6.45, 7) is 6.89. The van der Waals surface area contributed by atoms with Gasteiger partial charge in [0.15, 0.2) is 0 Å². The first-order chi connectivity index (χ1) is 8.19. The van der Waals surface area contributed by atoms with Crippen LogP contribution in [0, 0.1) is 11.8 Å². The monoisotopic (exact) mass is 232 g/mol. The summed E-state index contributed by atoms with van der Waals surface area (Å²) in [5, 5.41) is 0. The Kier molecular flexibility index (Phi) is 4.09. The fourth-order valence-corrected chi connectivity index (χ4v) is 2.64. The molecule has 0 amide bonds. The molecular weight excluding hydrogens is 208 g/mol. The number of ether oxygens (including phenoxy) is 1. The van der Waals surface area contributed by atoms with Gasteiger partial charge in [-0.15, -0.1) is 0 Å². The molecular formula is C16H24O. The van der Waals surface area contributed by atoms with Crippen LogP contribution in [-0.4, -0.2) is 6.10 Å². The average molecular weight is 232 g/mol. The number of rotatable bonds is 3. The predicted octanol–water partition coefficient (Wildman–Crippen LogP) is 4.45. The van der Waals surface area contributed by atoms with Crippen LogP contribution in [0.1, 0.15) is 45.6 Å². The van der Waals surface area contributed by atoms with E-state index in [4.69, 9.17) is 4.74 Å². The van der Waals surface area contributed by atoms with E-state index in [0.717, 1.165) is 24.0 Å². The highest BCUT2D eigenvalue weighted by molar-refractivity contribution is 5.28. The fraction of sp³-hybridized carbons (Fsp3) is 0.625. The first kappa shape index (κ1) is 12.5. The third-order valence-corrected chi connectivity index (χ3v) is 4.16. The van der Waals surface area contributed by atoms with Crippen molar-refractivity contribution < 1.29 is 4.74 Å². The van der Waals surface area contributed by atoms with Crippen LogP contribution in [0.25, 0.3) is 0 Å². The lowest BCUT2D eigenvalue weighted by Crippen LogP contribution is -2.28. The molecule has 3 atom stereocenters. The van der Waals surface area contributed by atoms with E-state index in [9.17, 15) is 0 Å². The Bertz CT molecular complexity index is 358. The molecule has 1 aliphatic rings. The Morgan fingerprint density at radius 2 is 2.00 bits per heavy atom. The molecule has 1 fully saturated rings. The maximum Gasteiger partial charge on any atom is 0.119 e. The van der Waals surface area contributed by atoms with E-state index in [2.05, 4.69) is 45.0 Å². The molecule has 0 spiro atoms. The Morgan fingerprint density at radius 3 is 2.71 bits per heavy atom. The molecule has 1 heteroatoms. The van der Waals surface area contributed by atoms with Crippen molar-refractivity contribution in [3.05, 3.63) is 29.8 Å². The van der Waals surface area contributed by atoms with Crippen molar-refractivity contribution in [1.82, 2.24) is 0 Å². The summed E-state index contributed by atoms with van der Waals surface area (Å²) >= 11 is 0. The van der Waals surface area contributed by atoms with Gasteiger partial charge in [-0.1, -0.05) is 32.9 Å². The van der Waals surface area contributed by atoms with Gasteiger partial charge < -0.3 is 4.74 Å².